The maximum atomic E-state index is 12.3. The minimum atomic E-state index is -0.258. The van der Waals surface area contributed by atoms with Crippen LogP contribution in [0.3, 0.4) is 0 Å². The lowest BCUT2D eigenvalue weighted by atomic mass is 10.1. The predicted octanol–water partition coefficient (Wildman–Crippen LogP) is 5.24. The summed E-state index contributed by atoms with van der Waals surface area (Å²) < 4.78 is 5.89. The van der Waals surface area contributed by atoms with Crippen LogP contribution < -0.4 is 10.6 Å². The van der Waals surface area contributed by atoms with Crippen molar-refractivity contribution >= 4 is 40.0 Å². The number of hydrogen-bond acceptors (Lipinski definition) is 4. The van der Waals surface area contributed by atoms with Gasteiger partial charge in [0.05, 0.1) is 0 Å². The largest absolute Gasteiger partial charge is 0.436 e. The van der Waals surface area contributed by atoms with Gasteiger partial charge in [-0.3, -0.25) is 10.1 Å². The topological polar surface area (TPSA) is 67.2 Å². The molecule has 2 N–H and O–H groups in total. The van der Waals surface area contributed by atoms with Crippen molar-refractivity contribution in [2.75, 3.05) is 5.32 Å². The Bertz CT molecular complexity index is 1220. The van der Waals surface area contributed by atoms with Crippen LogP contribution in [-0.2, 0) is 0 Å². The molecule has 29 heavy (non-hydrogen) atoms. The number of carbonyl (C=O) groups excluding carboxylic acids is 1. The van der Waals surface area contributed by atoms with Gasteiger partial charge in [0.15, 0.2) is 10.7 Å². The third-order valence-corrected chi connectivity index (χ3v) is 4.74. The Morgan fingerprint density at radius 2 is 1.79 bits per heavy atom. The Hall–Kier alpha value is -3.51. The molecule has 5 nitrogen and oxygen atoms in total. The van der Waals surface area contributed by atoms with E-state index in [0.29, 0.717) is 11.5 Å². The molecule has 0 fully saturated rings. The van der Waals surface area contributed by atoms with Gasteiger partial charge in [0.25, 0.3) is 5.91 Å². The van der Waals surface area contributed by atoms with Gasteiger partial charge in [0, 0.05) is 16.8 Å². The van der Waals surface area contributed by atoms with Gasteiger partial charge in [0.2, 0.25) is 5.89 Å². The zero-order valence-corrected chi connectivity index (χ0v) is 16.8. The first-order valence-corrected chi connectivity index (χ1v) is 9.56. The summed E-state index contributed by atoms with van der Waals surface area (Å²) in [6, 6.07) is 20.7. The third kappa shape index (κ3) is 4.17. The first-order chi connectivity index (χ1) is 14.0. The second-order valence-electron chi connectivity index (χ2n) is 6.79. The Kier molecular flexibility index (Phi) is 5.10. The number of nitrogens with zero attached hydrogens (tertiary/aromatic N) is 1. The molecule has 0 unspecified atom stereocenters. The molecule has 4 aromatic rings. The number of thiocarbonyl (C=S) groups is 1. The van der Waals surface area contributed by atoms with Crippen LogP contribution in [0, 0.1) is 13.8 Å². The number of aromatic nitrogens is 1. The molecule has 144 valence electrons. The number of amides is 1. The molecule has 0 bridgehead atoms. The molecule has 0 aliphatic rings. The van der Waals surface area contributed by atoms with Gasteiger partial charge in [-0.2, -0.15) is 0 Å². The van der Waals surface area contributed by atoms with Gasteiger partial charge < -0.3 is 9.73 Å². The van der Waals surface area contributed by atoms with Crippen molar-refractivity contribution in [1.82, 2.24) is 10.3 Å². The van der Waals surface area contributed by atoms with E-state index in [0.717, 1.165) is 33.5 Å². The zero-order valence-electron chi connectivity index (χ0n) is 16.0. The number of aryl methyl sites for hydroxylation is 2. The van der Waals surface area contributed by atoms with Gasteiger partial charge in [-0.15, -0.1) is 0 Å². The Labute approximate surface area is 173 Å². The highest BCUT2D eigenvalue weighted by atomic mass is 32.1. The number of rotatable bonds is 3. The SMILES string of the molecule is Cc1ccc2oc(-c3ccc(C)c(NC(=S)NC(=O)c4ccccc4)c3)nc2c1. The summed E-state index contributed by atoms with van der Waals surface area (Å²) in [5, 5.41) is 6.02. The Balaban J connectivity index is 1.55. The van der Waals surface area contributed by atoms with Crippen LogP contribution in [0.5, 0.6) is 0 Å². The van der Waals surface area contributed by atoms with Crippen molar-refractivity contribution in [2.45, 2.75) is 13.8 Å². The van der Waals surface area contributed by atoms with Gasteiger partial charge in [-0.1, -0.05) is 30.3 Å². The van der Waals surface area contributed by atoms with E-state index in [9.17, 15) is 4.79 Å². The molecule has 1 amide bonds. The molecule has 6 heteroatoms. The first-order valence-electron chi connectivity index (χ1n) is 9.15. The van der Waals surface area contributed by atoms with E-state index < -0.39 is 0 Å². The Morgan fingerprint density at radius 1 is 1.00 bits per heavy atom. The molecule has 0 saturated heterocycles. The fourth-order valence-electron chi connectivity index (χ4n) is 2.97. The number of carbonyl (C=O) groups is 1. The summed E-state index contributed by atoms with van der Waals surface area (Å²) in [7, 11) is 0. The number of fused-ring (bicyclic) bond motifs is 1. The highest BCUT2D eigenvalue weighted by Gasteiger charge is 2.12. The number of hydrogen-bond donors (Lipinski definition) is 2. The predicted molar refractivity (Wildman–Crippen MR) is 119 cm³/mol. The van der Waals surface area contributed by atoms with Crippen LogP contribution in [-0.4, -0.2) is 16.0 Å². The normalized spacial score (nSPS) is 10.7. The monoisotopic (exact) mass is 401 g/mol. The Morgan fingerprint density at radius 3 is 2.59 bits per heavy atom. The number of oxazole rings is 1. The van der Waals surface area contributed by atoms with Crippen LogP contribution >= 0.6 is 12.2 Å². The number of benzene rings is 3. The smallest absolute Gasteiger partial charge is 0.257 e. The maximum absolute atomic E-state index is 12.3. The molecule has 0 aliphatic heterocycles. The lowest BCUT2D eigenvalue weighted by Gasteiger charge is -2.12. The van der Waals surface area contributed by atoms with E-state index in [4.69, 9.17) is 16.6 Å². The van der Waals surface area contributed by atoms with Crippen LogP contribution in [0.25, 0.3) is 22.6 Å². The summed E-state index contributed by atoms with van der Waals surface area (Å²) in [6.45, 7) is 3.98. The maximum Gasteiger partial charge on any atom is 0.257 e. The van der Waals surface area contributed by atoms with Crippen molar-refractivity contribution in [3.63, 3.8) is 0 Å². The van der Waals surface area contributed by atoms with Crippen molar-refractivity contribution < 1.29 is 9.21 Å². The molecule has 3 aromatic carbocycles. The van der Waals surface area contributed by atoms with Gasteiger partial charge in [0.1, 0.15) is 5.52 Å². The third-order valence-electron chi connectivity index (χ3n) is 4.54. The minimum Gasteiger partial charge on any atom is -0.436 e. The zero-order chi connectivity index (χ0) is 20.4. The highest BCUT2D eigenvalue weighted by Crippen LogP contribution is 2.28. The molecular weight excluding hydrogens is 382 g/mol. The molecule has 0 radical (unpaired) electrons. The van der Waals surface area contributed by atoms with Crippen molar-refractivity contribution in [1.29, 1.82) is 0 Å². The van der Waals surface area contributed by atoms with Gasteiger partial charge >= 0.3 is 0 Å². The summed E-state index contributed by atoms with van der Waals surface area (Å²) in [4.78, 5) is 16.9. The van der Waals surface area contributed by atoms with Crippen LogP contribution in [0.1, 0.15) is 21.5 Å². The second kappa shape index (κ2) is 7.85. The molecular formula is C23H19N3O2S. The van der Waals surface area contributed by atoms with E-state index in [1.165, 1.54) is 0 Å². The van der Waals surface area contributed by atoms with Crippen molar-refractivity contribution in [2.24, 2.45) is 0 Å². The van der Waals surface area contributed by atoms with E-state index in [1.807, 2.05) is 56.3 Å². The van der Waals surface area contributed by atoms with E-state index in [1.54, 1.807) is 24.3 Å². The molecule has 0 aliphatic carbocycles. The molecule has 0 saturated carbocycles. The van der Waals surface area contributed by atoms with Crippen LogP contribution in [0.15, 0.2) is 71.1 Å². The first kappa shape index (κ1) is 18.8. The fraction of sp³-hybridized carbons (Fsp3) is 0.0870. The van der Waals surface area contributed by atoms with E-state index >= 15 is 0 Å². The molecule has 0 spiro atoms. The summed E-state index contributed by atoms with van der Waals surface area (Å²) >= 11 is 5.32. The van der Waals surface area contributed by atoms with Gasteiger partial charge in [-0.05, 0) is 73.6 Å². The molecule has 1 heterocycles. The summed E-state index contributed by atoms with van der Waals surface area (Å²) in [5.74, 6) is 0.277. The minimum absolute atomic E-state index is 0.229. The molecule has 1 aromatic heterocycles. The fourth-order valence-corrected chi connectivity index (χ4v) is 3.17. The number of anilines is 1. The van der Waals surface area contributed by atoms with Crippen LogP contribution in [0.2, 0.25) is 0 Å². The second-order valence-corrected chi connectivity index (χ2v) is 7.20. The quantitative estimate of drug-likeness (QED) is 0.460. The average Bonchev–Trinajstić information content (AvgIpc) is 3.13. The lowest BCUT2D eigenvalue weighted by Crippen LogP contribution is -2.34. The van der Waals surface area contributed by atoms with E-state index in [2.05, 4.69) is 15.6 Å². The lowest BCUT2D eigenvalue weighted by molar-refractivity contribution is 0.0977. The summed E-state index contributed by atoms with van der Waals surface area (Å²) in [5.41, 5.74) is 5.82. The average molecular weight is 401 g/mol. The van der Waals surface area contributed by atoms with Gasteiger partial charge in [-0.25, -0.2) is 4.98 Å². The molecule has 4 rings (SSSR count). The standard InChI is InChI=1S/C23H19N3O2S/c1-14-8-11-20-19(12-14)24-22(28-20)17-10-9-15(2)18(13-17)25-23(29)26-21(27)16-6-4-3-5-7-16/h3-13H,1-2H3,(H2,25,26,27,29). The molecule has 0 atom stereocenters. The van der Waals surface area contributed by atoms with Crippen molar-refractivity contribution in [3.8, 4) is 11.5 Å². The van der Waals surface area contributed by atoms with Crippen LogP contribution in [0.4, 0.5) is 5.69 Å². The van der Waals surface area contributed by atoms with Crippen molar-refractivity contribution in [3.05, 3.63) is 83.4 Å². The summed E-state index contributed by atoms with van der Waals surface area (Å²) in [6.07, 6.45) is 0. The number of nitrogens with one attached hydrogen (secondary N) is 2. The highest BCUT2D eigenvalue weighted by molar-refractivity contribution is 7.80. The van der Waals surface area contributed by atoms with E-state index in [-0.39, 0.29) is 11.0 Å².